The predicted molar refractivity (Wildman–Crippen MR) is 71.5 cm³/mol. The van der Waals surface area contributed by atoms with Crippen LogP contribution in [0.2, 0.25) is 5.15 Å². The number of non-ortho nitro benzene ring substituents is 1. The number of hydrogen-bond acceptors (Lipinski definition) is 6. The van der Waals surface area contributed by atoms with Crippen LogP contribution in [0, 0.1) is 17.0 Å². The summed E-state index contributed by atoms with van der Waals surface area (Å²) >= 11 is 5.80. The molecule has 0 radical (unpaired) electrons. The number of aryl methyl sites for hydroxylation is 1. The third-order valence-electron chi connectivity index (χ3n) is 2.36. The van der Waals surface area contributed by atoms with E-state index in [2.05, 4.69) is 9.97 Å². The molecule has 0 atom stereocenters. The molecule has 1 heterocycles. The van der Waals surface area contributed by atoms with Crippen molar-refractivity contribution in [3.05, 3.63) is 45.4 Å². The van der Waals surface area contributed by atoms with Gasteiger partial charge in [0.15, 0.2) is 11.5 Å². The van der Waals surface area contributed by atoms with Gasteiger partial charge in [0.1, 0.15) is 11.0 Å². The number of halogens is 1. The molecule has 0 saturated carbocycles. The molecule has 0 saturated heterocycles. The standard InChI is InChI=1S/C12H10ClN3O4/c1-7-14-11(13)6-12(15-7)20-10-5-8(16(17)18)3-4-9(10)19-2/h3-6H,1-2H3. The lowest BCUT2D eigenvalue weighted by Crippen LogP contribution is -1.96. The topological polar surface area (TPSA) is 87.4 Å². The molecule has 104 valence electrons. The predicted octanol–water partition coefficient (Wildman–Crippen LogP) is 3.15. The van der Waals surface area contributed by atoms with Crippen molar-refractivity contribution in [1.82, 2.24) is 9.97 Å². The average Bonchev–Trinajstić information content (AvgIpc) is 2.37. The Bertz CT molecular complexity index is 643. The highest BCUT2D eigenvalue weighted by Gasteiger charge is 2.14. The van der Waals surface area contributed by atoms with Crippen LogP contribution in [0.5, 0.6) is 17.4 Å². The summed E-state index contributed by atoms with van der Waals surface area (Å²) in [5.74, 6) is 1.14. The number of nitrogens with zero attached hydrogens (tertiary/aromatic N) is 3. The lowest BCUT2D eigenvalue weighted by atomic mass is 10.3. The fourth-order valence-electron chi connectivity index (χ4n) is 1.53. The molecular formula is C12H10ClN3O4. The molecule has 0 aliphatic carbocycles. The highest BCUT2D eigenvalue weighted by atomic mass is 35.5. The summed E-state index contributed by atoms with van der Waals surface area (Å²) in [6.45, 7) is 1.66. The Balaban J connectivity index is 2.40. The second-order valence-electron chi connectivity index (χ2n) is 3.77. The van der Waals surface area contributed by atoms with Gasteiger partial charge >= 0.3 is 0 Å². The zero-order valence-corrected chi connectivity index (χ0v) is 11.4. The molecule has 1 aromatic carbocycles. The molecule has 0 N–H and O–H groups in total. The molecular weight excluding hydrogens is 286 g/mol. The fraction of sp³-hybridized carbons (Fsp3) is 0.167. The molecule has 0 bridgehead atoms. The minimum Gasteiger partial charge on any atom is -0.493 e. The molecule has 0 amide bonds. The van der Waals surface area contributed by atoms with Gasteiger partial charge < -0.3 is 9.47 Å². The van der Waals surface area contributed by atoms with Gasteiger partial charge in [-0.2, -0.15) is 4.98 Å². The molecule has 8 heteroatoms. The minimum absolute atomic E-state index is 0.113. The third kappa shape index (κ3) is 3.12. The first-order chi connectivity index (χ1) is 9.49. The molecule has 0 fully saturated rings. The Labute approximate surface area is 119 Å². The van der Waals surface area contributed by atoms with E-state index in [1.54, 1.807) is 6.92 Å². The summed E-state index contributed by atoms with van der Waals surface area (Å²) in [7, 11) is 1.44. The Morgan fingerprint density at radius 2 is 2.00 bits per heavy atom. The smallest absolute Gasteiger partial charge is 0.273 e. The summed E-state index contributed by atoms with van der Waals surface area (Å²) in [4.78, 5) is 18.2. The Kier molecular flexibility index (Phi) is 3.99. The molecule has 20 heavy (non-hydrogen) atoms. The van der Waals surface area contributed by atoms with Crippen LogP contribution >= 0.6 is 11.6 Å². The Morgan fingerprint density at radius 1 is 1.25 bits per heavy atom. The number of aromatic nitrogens is 2. The highest BCUT2D eigenvalue weighted by molar-refractivity contribution is 6.29. The van der Waals surface area contributed by atoms with Crippen LogP contribution in [0.15, 0.2) is 24.3 Å². The second kappa shape index (κ2) is 5.70. The lowest BCUT2D eigenvalue weighted by molar-refractivity contribution is -0.384. The number of methoxy groups -OCH3 is 1. The van der Waals surface area contributed by atoms with E-state index in [4.69, 9.17) is 21.1 Å². The van der Waals surface area contributed by atoms with Crippen molar-refractivity contribution in [2.75, 3.05) is 7.11 Å². The molecule has 0 aliphatic heterocycles. The van der Waals surface area contributed by atoms with Gasteiger partial charge in [0.25, 0.3) is 5.69 Å². The van der Waals surface area contributed by atoms with Crippen LogP contribution in [0.25, 0.3) is 0 Å². The van der Waals surface area contributed by atoms with Crippen LogP contribution in [0.3, 0.4) is 0 Å². The number of rotatable bonds is 4. The highest BCUT2D eigenvalue weighted by Crippen LogP contribution is 2.34. The van der Waals surface area contributed by atoms with Gasteiger partial charge in [-0.1, -0.05) is 11.6 Å². The maximum atomic E-state index is 10.8. The second-order valence-corrected chi connectivity index (χ2v) is 4.16. The van der Waals surface area contributed by atoms with Crippen molar-refractivity contribution < 1.29 is 14.4 Å². The molecule has 0 aliphatic rings. The first kappa shape index (κ1) is 14.0. The van der Waals surface area contributed by atoms with E-state index in [-0.39, 0.29) is 22.5 Å². The van der Waals surface area contributed by atoms with E-state index in [0.717, 1.165) is 0 Å². The van der Waals surface area contributed by atoms with Crippen LogP contribution in [-0.2, 0) is 0 Å². The van der Waals surface area contributed by atoms with Crippen molar-refractivity contribution in [1.29, 1.82) is 0 Å². The first-order valence-corrected chi connectivity index (χ1v) is 5.89. The number of ether oxygens (including phenoxy) is 2. The molecule has 2 aromatic rings. The van der Waals surface area contributed by atoms with Gasteiger partial charge in [0, 0.05) is 12.1 Å². The monoisotopic (exact) mass is 295 g/mol. The Morgan fingerprint density at radius 3 is 2.60 bits per heavy atom. The van der Waals surface area contributed by atoms with Crippen molar-refractivity contribution in [2.24, 2.45) is 0 Å². The number of nitro benzene ring substituents is 1. The number of nitro groups is 1. The van der Waals surface area contributed by atoms with E-state index in [0.29, 0.717) is 11.6 Å². The quantitative estimate of drug-likeness (QED) is 0.489. The molecule has 1 aromatic heterocycles. The van der Waals surface area contributed by atoms with Crippen molar-refractivity contribution >= 4 is 17.3 Å². The fourth-order valence-corrected chi connectivity index (χ4v) is 1.74. The maximum absolute atomic E-state index is 10.8. The first-order valence-electron chi connectivity index (χ1n) is 5.51. The third-order valence-corrected chi connectivity index (χ3v) is 2.55. The van der Waals surface area contributed by atoms with Gasteiger partial charge in [0.05, 0.1) is 18.1 Å². The summed E-state index contributed by atoms with van der Waals surface area (Å²) in [5.41, 5.74) is -0.113. The van der Waals surface area contributed by atoms with E-state index < -0.39 is 4.92 Å². The zero-order chi connectivity index (χ0) is 14.7. The van der Waals surface area contributed by atoms with Crippen LogP contribution in [0.4, 0.5) is 5.69 Å². The van der Waals surface area contributed by atoms with E-state index in [1.807, 2.05) is 0 Å². The maximum Gasteiger partial charge on any atom is 0.273 e. The van der Waals surface area contributed by atoms with Crippen molar-refractivity contribution in [3.63, 3.8) is 0 Å². The summed E-state index contributed by atoms with van der Waals surface area (Å²) in [6, 6.07) is 5.43. The lowest BCUT2D eigenvalue weighted by Gasteiger charge is -2.09. The van der Waals surface area contributed by atoms with Crippen molar-refractivity contribution in [2.45, 2.75) is 6.92 Å². The largest absolute Gasteiger partial charge is 0.493 e. The van der Waals surface area contributed by atoms with Crippen LogP contribution < -0.4 is 9.47 Å². The normalized spacial score (nSPS) is 10.2. The minimum atomic E-state index is -0.523. The van der Waals surface area contributed by atoms with Gasteiger partial charge in [-0.05, 0) is 13.0 Å². The number of hydrogen-bond donors (Lipinski definition) is 0. The summed E-state index contributed by atoms with van der Waals surface area (Å²) < 4.78 is 10.6. The van der Waals surface area contributed by atoms with Gasteiger partial charge in [-0.25, -0.2) is 4.98 Å². The van der Waals surface area contributed by atoms with Crippen LogP contribution in [-0.4, -0.2) is 22.0 Å². The SMILES string of the molecule is COc1ccc([N+](=O)[O-])cc1Oc1cc(Cl)nc(C)n1. The summed E-state index contributed by atoms with van der Waals surface area (Å²) in [6.07, 6.45) is 0. The van der Waals surface area contributed by atoms with Gasteiger partial charge in [-0.15, -0.1) is 0 Å². The van der Waals surface area contributed by atoms with E-state index in [1.165, 1.54) is 31.4 Å². The van der Waals surface area contributed by atoms with Gasteiger partial charge in [-0.3, -0.25) is 10.1 Å². The van der Waals surface area contributed by atoms with Crippen molar-refractivity contribution in [3.8, 4) is 17.4 Å². The number of benzene rings is 1. The molecule has 7 nitrogen and oxygen atoms in total. The van der Waals surface area contributed by atoms with Gasteiger partial charge in [0.2, 0.25) is 5.88 Å². The summed E-state index contributed by atoms with van der Waals surface area (Å²) in [5, 5.41) is 11.0. The zero-order valence-electron chi connectivity index (χ0n) is 10.7. The molecule has 0 spiro atoms. The molecule has 0 unspecified atom stereocenters. The van der Waals surface area contributed by atoms with E-state index in [9.17, 15) is 10.1 Å². The van der Waals surface area contributed by atoms with Crippen LogP contribution in [0.1, 0.15) is 5.82 Å². The Hall–Kier alpha value is -2.41. The molecule has 2 rings (SSSR count). The average molecular weight is 296 g/mol. The van der Waals surface area contributed by atoms with E-state index >= 15 is 0 Å².